The zero-order valence-corrected chi connectivity index (χ0v) is 14.3. The molecule has 1 aliphatic heterocycles. The van der Waals surface area contributed by atoms with Crippen LogP contribution in [0.25, 0.3) is 11.0 Å². The third-order valence-corrected chi connectivity index (χ3v) is 4.54. The molecule has 2 aromatic rings. The molecule has 1 saturated heterocycles. The first-order valence-corrected chi connectivity index (χ1v) is 8.45. The number of hydrogen-bond acceptors (Lipinski definition) is 4. The summed E-state index contributed by atoms with van der Waals surface area (Å²) in [5.41, 5.74) is 1.55. The summed E-state index contributed by atoms with van der Waals surface area (Å²) in [5.74, 6) is 0.989. The number of carbonyl (C=O) groups excluding carboxylic acids is 1. The summed E-state index contributed by atoms with van der Waals surface area (Å²) in [6.45, 7) is 7.39. The lowest BCUT2D eigenvalue weighted by Gasteiger charge is -2.23. The topological polar surface area (TPSA) is 65.1 Å². The van der Waals surface area contributed by atoms with Crippen molar-refractivity contribution in [3.8, 4) is 5.75 Å². The highest BCUT2D eigenvalue weighted by Crippen LogP contribution is 2.28. The van der Waals surface area contributed by atoms with Gasteiger partial charge in [0.25, 0.3) is 5.91 Å². The van der Waals surface area contributed by atoms with Crippen molar-refractivity contribution in [1.29, 1.82) is 0 Å². The lowest BCUT2D eigenvalue weighted by atomic mass is 10.1. The van der Waals surface area contributed by atoms with E-state index in [1.807, 2.05) is 25.1 Å². The van der Waals surface area contributed by atoms with Crippen LogP contribution in [0, 0.1) is 6.92 Å². The van der Waals surface area contributed by atoms with Crippen LogP contribution in [0.15, 0.2) is 22.6 Å². The first kappa shape index (κ1) is 16.8. The number of amides is 1. The van der Waals surface area contributed by atoms with Crippen LogP contribution in [-0.4, -0.2) is 52.4 Å². The van der Waals surface area contributed by atoms with E-state index in [0.717, 1.165) is 56.0 Å². The largest absolute Gasteiger partial charge is 0.497 e. The van der Waals surface area contributed by atoms with E-state index in [0.29, 0.717) is 17.9 Å². The Bertz CT molecular complexity index is 704. The fourth-order valence-corrected chi connectivity index (χ4v) is 3.07. The zero-order valence-electron chi connectivity index (χ0n) is 14.3. The predicted octanol–water partition coefficient (Wildman–Crippen LogP) is 0.785. The average Bonchev–Trinajstić information content (AvgIpc) is 2.95. The predicted molar refractivity (Wildman–Crippen MR) is 90.8 cm³/mol. The van der Waals surface area contributed by atoms with Gasteiger partial charge in [-0.25, -0.2) is 0 Å². The second kappa shape index (κ2) is 7.68. The van der Waals surface area contributed by atoms with Crippen LogP contribution >= 0.6 is 0 Å². The molecule has 0 bridgehead atoms. The van der Waals surface area contributed by atoms with Crippen molar-refractivity contribution < 1.29 is 23.6 Å². The maximum atomic E-state index is 12.4. The summed E-state index contributed by atoms with van der Waals surface area (Å²) >= 11 is 0. The van der Waals surface area contributed by atoms with Gasteiger partial charge in [-0.2, -0.15) is 0 Å². The van der Waals surface area contributed by atoms with Crippen molar-refractivity contribution >= 4 is 16.9 Å². The fraction of sp³-hybridized carbons (Fsp3) is 0.500. The van der Waals surface area contributed by atoms with E-state index >= 15 is 0 Å². The van der Waals surface area contributed by atoms with Crippen LogP contribution < -0.4 is 15.0 Å². The number of hydrogen-bond donors (Lipinski definition) is 2. The standard InChI is InChI=1S/C18H24N2O4/c1-13-15-12-14(22-2)4-5-16(15)24-17(13)18(21)19-6-3-7-20-8-10-23-11-9-20/h4-5,12H,3,6-11H2,1-2H3,(H,19,21)/p+1. The third-order valence-electron chi connectivity index (χ3n) is 4.54. The van der Waals surface area contributed by atoms with Gasteiger partial charge < -0.3 is 24.1 Å². The Kier molecular flexibility index (Phi) is 5.37. The van der Waals surface area contributed by atoms with Crippen LogP contribution in [0.2, 0.25) is 0 Å². The molecule has 0 saturated carbocycles. The number of methoxy groups -OCH3 is 1. The molecule has 1 aromatic carbocycles. The van der Waals surface area contributed by atoms with Gasteiger partial charge in [0.05, 0.1) is 26.9 Å². The number of morpholine rings is 1. The monoisotopic (exact) mass is 333 g/mol. The maximum Gasteiger partial charge on any atom is 0.287 e. The molecule has 6 nitrogen and oxygen atoms in total. The van der Waals surface area contributed by atoms with E-state index in [1.165, 1.54) is 0 Å². The quantitative estimate of drug-likeness (QED) is 0.767. The third kappa shape index (κ3) is 3.71. The minimum Gasteiger partial charge on any atom is -0.497 e. The highest BCUT2D eigenvalue weighted by molar-refractivity contribution is 5.99. The van der Waals surface area contributed by atoms with Gasteiger partial charge in [0, 0.05) is 23.9 Å². The molecule has 24 heavy (non-hydrogen) atoms. The van der Waals surface area contributed by atoms with Gasteiger partial charge in [-0.3, -0.25) is 4.79 Å². The molecule has 1 aromatic heterocycles. The number of nitrogens with one attached hydrogen (secondary N) is 2. The Hall–Kier alpha value is -2.05. The van der Waals surface area contributed by atoms with E-state index in [-0.39, 0.29) is 5.91 Å². The molecule has 0 atom stereocenters. The number of fused-ring (bicyclic) bond motifs is 1. The molecule has 3 rings (SSSR count). The van der Waals surface area contributed by atoms with E-state index in [1.54, 1.807) is 12.0 Å². The molecule has 0 spiro atoms. The first-order valence-electron chi connectivity index (χ1n) is 8.45. The van der Waals surface area contributed by atoms with Crippen LogP contribution in [-0.2, 0) is 4.74 Å². The van der Waals surface area contributed by atoms with Crippen LogP contribution in [0.3, 0.4) is 0 Å². The summed E-state index contributed by atoms with van der Waals surface area (Å²) in [7, 11) is 1.63. The Morgan fingerprint density at radius 2 is 2.12 bits per heavy atom. The van der Waals surface area contributed by atoms with E-state index in [4.69, 9.17) is 13.9 Å². The number of quaternary nitrogens is 1. The molecule has 1 amide bonds. The molecular weight excluding hydrogens is 308 g/mol. The van der Waals surface area contributed by atoms with Crippen molar-refractivity contribution in [3.63, 3.8) is 0 Å². The smallest absolute Gasteiger partial charge is 0.287 e. The average molecular weight is 333 g/mol. The molecule has 0 radical (unpaired) electrons. The molecule has 0 unspecified atom stereocenters. The van der Waals surface area contributed by atoms with E-state index < -0.39 is 0 Å². The van der Waals surface area contributed by atoms with Crippen molar-refractivity contribution in [2.45, 2.75) is 13.3 Å². The van der Waals surface area contributed by atoms with Crippen LogP contribution in [0.4, 0.5) is 0 Å². The van der Waals surface area contributed by atoms with Gasteiger partial charge >= 0.3 is 0 Å². The van der Waals surface area contributed by atoms with Crippen molar-refractivity contribution in [2.75, 3.05) is 46.5 Å². The Morgan fingerprint density at radius 1 is 1.33 bits per heavy atom. The molecule has 1 fully saturated rings. The van der Waals surface area contributed by atoms with Crippen LogP contribution in [0.5, 0.6) is 5.75 Å². The van der Waals surface area contributed by atoms with Gasteiger partial charge in [0.2, 0.25) is 0 Å². The van der Waals surface area contributed by atoms with E-state index in [2.05, 4.69) is 5.32 Å². The second-order valence-electron chi connectivity index (χ2n) is 6.14. The van der Waals surface area contributed by atoms with Gasteiger partial charge in [0.15, 0.2) is 5.76 Å². The van der Waals surface area contributed by atoms with Gasteiger partial charge in [-0.15, -0.1) is 0 Å². The van der Waals surface area contributed by atoms with Crippen molar-refractivity contribution in [1.82, 2.24) is 5.32 Å². The van der Waals surface area contributed by atoms with Gasteiger partial charge in [-0.05, 0) is 25.1 Å². The summed E-state index contributed by atoms with van der Waals surface area (Å²) in [6.07, 6.45) is 0.953. The molecular formula is C18H25N2O4+. The maximum absolute atomic E-state index is 12.4. The minimum absolute atomic E-state index is 0.153. The number of aryl methyl sites for hydroxylation is 1. The molecule has 6 heteroatoms. The number of rotatable bonds is 6. The van der Waals surface area contributed by atoms with Gasteiger partial charge in [0.1, 0.15) is 24.4 Å². The summed E-state index contributed by atoms with van der Waals surface area (Å²) in [6, 6.07) is 5.56. The Balaban J connectivity index is 1.56. The highest BCUT2D eigenvalue weighted by atomic mass is 16.5. The normalized spacial score (nSPS) is 15.6. The Morgan fingerprint density at radius 3 is 2.88 bits per heavy atom. The lowest BCUT2D eigenvalue weighted by Crippen LogP contribution is -3.14. The van der Waals surface area contributed by atoms with Gasteiger partial charge in [-0.1, -0.05) is 0 Å². The zero-order chi connectivity index (χ0) is 16.9. The molecule has 130 valence electrons. The molecule has 2 N–H and O–H groups in total. The summed E-state index contributed by atoms with van der Waals surface area (Å²) in [4.78, 5) is 13.9. The second-order valence-corrected chi connectivity index (χ2v) is 6.14. The summed E-state index contributed by atoms with van der Waals surface area (Å²) in [5, 5.41) is 3.87. The SMILES string of the molecule is COc1ccc2oc(C(=O)NCCC[NH+]3CCOCC3)c(C)c2c1. The summed E-state index contributed by atoms with van der Waals surface area (Å²) < 4.78 is 16.3. The Labute approximate surface area is 141 Å². The number of furan rings is 1. The van der Waals surface area contributed by atoms with Crippen LogP contribution in [0.1, 0.15) is 22.5 Å². The first-order chi connectivity index (χ1) is 11.7. The minimum atomic E-state index is -0.153. The number of ether oxygens (including phenoxy) is 2. The number of carbonyl (C=O) groups is 1. The fourth-order valence-electron chi connectivity index (χ4n) is 3.07. The van der Waals surface area contributed by atoms with Crippen molar-refractivity contribution in [3.05, 3.63) is 29.5 Å². The molecule has 0 aliphatic carbocycles. The highest BCUT2D eigenvalue weighted by Gasteiger charge is 2.18. The molecule has 1 aliphatic rings. The molecule has 2 heterocycles. The lowest BCUT2D eigenvalue weighted by molar-refractivity contribution is -0.908. The van der Waals surface area contributed by atoms with E-state index in [9.17, 15) is 4.79 Å². The van der Waals surface area contributed by atoms with Crippen molar-refractivity contribution in [2.24, 2.45) is 0 Å². The number of benzene rings is 1.